The molecule has 0 aliphatic carbocycles. The van der Waals surface area contributed by atoms with Crippen LogP contribution in [-0.2, 0) is 15.3 Å². The van der Waals surface area contributed by atoms with Gasteiger partial charge in [0.1, 0.15) is 11.1 Å². The Bertz CT molecular complexity index is 580. The van der Waals surface area contributed by atoms with Gasteiger partial charge in [-0.05, 0) is 12.1 Å². The zero-order valence-corrected chi connectivity index (χ0v) is 11.2. The number of aromatic nitrogens is 2. The SMILES string of the molecule is O.O=C(O)CC(SCc1nc2ccccc2[nH]1)C(=O)O. The normalized spacial score (nSPS) is 11.8. The molecule has 2 rings (SSSR count). The lowest BCUT2D eigenvalue weighted by molar-refractivity contribution is -0.142. The lowest BCUT2D eigenvalue weighted by atomic mass is 10.3. The summed E-state index contributed by atoms with van der Waals surface area (Å²) in [4.78, 5) is 28.9. The molecule has 0 amide bonds. The molecule has 20 heavy (non-hydrogen) atoms. The minimum Gasteiger partial charge on any atom is -0.481 e. The van der Waals surface area contributed by atoms with Gasteiger partial charge >= 0.3 is 11.9 Å². The lowest BCUT2D eigenvalue weighted by Crippen LogP contribution is -2.20. The standard InChI is InChI=1S/C12H12N2O4S.H2O/c15-11(16)5-9(12(17)18)19-6-10-13-7-3-1-2-4-8(7)14-10;/h1-4,9H,5-6H2,(H,13,14)(H,15,16)(H,17,18);1H2. The summed E-state index contributed by atoms with van der Waals surface area (Å²) in [5, 5.41) is 16.6. The van der Waals surface area contributed by atoms with Crippen molar-refractivity contribution in [2.24, 2.45) is 0 Å². The Balaban J connectivity index is 0.00000200. The van der Waals surface area contributed by atoms with Gasteiger partial charge in [-0.1, -0.05) is 12.1 Å². The predicted molar refractivity (Wildman–Crippen MR) is 74.7 cm³/mol. The number of hydrogen-bond donors (Lipinski definition) is 3. The maximum Gasteiger partial charge on any atom is 0.317 e. The average molecular weight is 298 g/mol. The summed E-state index contributed by atoms with van der Waals surface area (Å²) in [6, 6.07) is 7.47. The third-order valence-corrected chi connectivity index (χ3v) is 3.71. The number of carbonyl (C=O) groups is 2. The molecule has 5 N–H and O–H groups in total. The molecular weight excluding hydrogens is 284 g/mol. The largest absolute Gasteiger partial charge is 0.481 e. The van der Waals surface area contributed by atoms with Crippen LogP contribution in [0.2, 0.25) is 0 Å². The molecular formula is C12H14N2O5S. The molecule has 1 aromatic heterocycles. The predicted octanol–water partition coefficient (Wildman–Crippen LogP) is 0.899. The van der Waals surface area contributed by atoms with Crippen molar-refractivity contribution < 1.29 is 25.3 Å². The van der Waals surface area contributed by atoms with E-state index in [2.05, 4.69) is 9.97 Å². The van der Waals surface area contributed by atoms with Crippen LogP contribution >= 0.6 is 11.8 Å². The van der Waals surface area contributed by atoms with Gasteiger partial charge in [-0.3, -0.25) is 9.59 Å². The topological polar surface area (TPSA) is 135 Å². The Morgan fingerprint density at radius 2 is 2.00 bits per heavy atom. The summed E-state index contributed by atoms with van der Waals surface area (Å²) in [6.45, 7) is 0. The molecule has 0 saturated carbocycles. The van der Waals surface area contributed by atoms with E-state index < -0.39 is 23.6 Å². The number of aromatic amines is 1. The van der Waals surface area contributed by atoms with Gasteiger partial charge in [0.15, 0.2) is 0 Å². The number of nitrogens with one attached hydrogen (secondary N) is 1. The van der Waals surface area contributed by atoms with Crippen molar-refractivity contribution in [2.75, 3.05) is 0 Å². The smallest absolute Gasteiger partial charge is 0.317 e. The first kappa shape index (κ1) is 16.0. The first-order valence-corrected chi connectivity index (χ1v) is 6.61. The Labute approximate surface area is 118 Å². The summed E-state index contributed by atoms with van der Waals surface area (Å²) < 4.78 is 0. The molecule has 0 spiro atoms. The van der Waals surface area contributed by atoms with E-state index in [0.29, 0.717) is 11.6 Å². The average Bonchev–Trinajstić information content (AvgIpc) is 2.76. The highest BCUT2D eigenvalue weighted by atomic mass is 32.2. The van der Waals surface area contributed by atoms with Gasteiger partial charge in [0.2, 0.25) is 0 Å². The molecule has 8 heteroatoms. The summed E-state index contributed by atoms with van der Waals surface area (Å²) in [7, 11) is 0. The van der Waals surface area contributed by atoms with Crippen molar-refractivity contribution in [3.05, 3.63) is 30.1 Å². The minimum atomic E-state index is -1.12. The van der Waals surface area contributed by atoms with E-state index in [4.69, 9.17) is 10.2 Å². The number of carboxylic acids is 2. The van der Waals surface area contributed by atoms with Crippen LogP contribution in [0, 0.1) is 0 Å². The zero-order chi connectivity index (χ0) is 13.8. The Morgan fingerprint density at radius 1 is 1.30 bits per heavy atom. The summed E-state index contributed by atoms with van der Waals surface area (Å²) in [5.41, 5.74) is 1.69. The number of para-hydroxylation sites is 2. The number of thioether (sulfide) groups is 1. The molecule has 7 nitrogen and oxygen atoms in total. The van der Waals surface area contributed by atoms with Crippen LogP contribution in [0.25, 0.3) is 11.0 Å². The van der Waals surface area contributed by atoms with Gasteiger partial charge in [-0.25, -0.2) is 4.98 Å². The van der Waals surface area contributed by atoms with Crippen molar-refractivity contribution in [3.63, 3.8) is 0 Å². The van der Waals surface area contributed by atoms with E-state index in [1.54, 1.807) is 0 Å². The number of aliphatic carboxylic acids is 2. The third kappa shape index (κ3) is 3.97. The Morgan fingerprint density at radius 3 is 2.60 bits per heavy atom. The van der Waals surface area contributed by atoms with Crippen LogP contribution in [0.15, 0.2) is 24.3 Å². The number of hydrogen-bond acceptors (Lipinski definition) is 4. The van der Waals surface area contributed by atoms with Gasteiger partial charge in [0.05, 0.1) is 23.2 Å². The van der Waals surface area contributed by atoms with E-state index in [0.717, 1.165) is 22.8 Å². The zero-order valence-electron chi connectivity index (χ0n) is 10.4. The van der Waals surface area contributed by atoms with Crippen LogP contribution in [0.3, 0.4) is 0 Å². The quantitative estimate of drug-likeness (QED) is 0.725. The molecule has 2 aromatic rings. The first-order valence-electron chi connectivity index (χ1n) is 5.56. The van der Waals surface area contributed by atoms with E-state index in [-0.39, 0.29) is 5.48 Å². The number of benzene rings is 1. The first-order chi connectivity index (χ1) is 9.06. The number of carboxylic acid groups (broad SMARTS) is 2. The van der Waals surface area contributed by atoms with Crippen molar-refractivity contribution in [2.45, 2.75) is 17.4 Å². The van der Waals surface area contributed by atoms with Crippen molar-refractivity contribution >= 4 is 34.7 Å². The molecule has 0 fully saturated rings. The Hall–Kier alpha value is -2.06. The number of rotatable bonds is 6. The third-order valence-electron chi connectivity index (χ3n) is 2.50. The number of imidazole rings is 1. The molecule has 0 aliphatic heterocycles. The molecule has 0 aliphatic rings. The second kappa shape index (κ2) is 6.92. The van der Waals surface area contributed by atoms with Crippen LogP contribution < -0.4 is 0 Å². The second-order valence-corrected chi connectivity index (χ2v) is 5.13. The fourth-order valence-corrected chi connectivity index (χ4v) is 2.53. The molecule has 1 unspecified atom stereocenters. The molecule has 0 radical (unpaired) electrons. The summed E-state index contributed by atoms with van der Waals surface area (Å²) >= 11 is 1.05. The van der Waals surface area contributed by atoms with Gasteiger partial charge in [0, 0.05) is 0 Å². The van der Waals surface area contributed by atoms with E-state index in [1.807, 2.05) is 24.3 Å². The fraction of sp³-hybridized carbons (Fsp3) is 0.250. The number of fused-ring (bicyclic) bond motifs is 1. The highest BCUT2D eigenvalue weighted by Gasteiger charge is 2.21. The van der Waals surface area contributed by atoms with Gasteiger partial charge in [-0.15, -0.1) is 11.8 Å². The minimum absolute atomic E-state index is 0. The van der Waals surface area contributed by atoms with Crippen LogP contribution in [-0.4, -0.2) is 42.8 Å². The molecule has 1 aromatic carbocycles. The van der Waals surface area contributed by atoms with E-state index in [9.17, 15) is 9.59 Å². The van der Waals surface area contributed by atoms with Crippen molar-refractivity contribution in [1.82, 2.24) is 9.97 Å². The van der Waals surface area contributed by atoms with Crippen LogP contribution in [0.5, 0.6) is 0 Å². The molecule has 1 atom stereocenters. The second-order valence-electron chi connectivity index (χ2n) is 3.94. The van der Waals surface area contributed by atoms with Crippen LogP contribution in [0.4, 0.5) is 0 Å². The van der Waals surface area contributed by atoms with E-state index in [1.165, 1.54) is 0 Å². The monoisotopic (exact) mass is 298 g/mol. The Kier molecular flexibility index (Phi) is 5.53. The fourth-order valence-electron chi connectivity index (χ4n) is 1.63. The van der Waals surface area contributed by atoms with Gasteiger partial charge in [-0.2, -0.15) is 0 Å². The lowest BCUT2D eigenvalue weighted by Gasteiger charge is -2.07. The number of nitrogens with zero attached hydrogens (tertiary/aromatic N) is 1. The maximum atomic E-state index is 10.9. The van der Waals surface area contributed by atoms with Gasteiger partial charge in [0.25, 0.3) is 0 Å². The van der Waals surface area contributed by atoms with Gasteiger partial charge < -0.3 is 20.7 Å². The summed E-state index contributed by atoms with van der Waals surface area (Å²) in [5.74, 6) is -1.27. The molecule has 0 bridgehead atoms. The number of H-pyrrole nitrogens is 1. The molecule has 0 saturated heterocycles. The highest BCUT2D eigenvalue weighted by Crippen LogP contribution is 2.21. The highest BCUT2D eigenvalue weighted by molar-refractivity contribution is 7.99. The van der Waals surface area contributed by atoms with Crippen molar-refractivity contribution in [3.8, 4) is 0 Å². The summed E-state index contributed by atoms with van der Waals surface area (Å²) in [6.07, 6.45) is -0.403. The van der Waals surface area contributed by atoms with Crippen LogP contribution in [0.1, 0.15) is 12.2 Å². The molecule has 1 heterocycles. The van der Waals surface area contributed by atoms with Crippen molar-refractivity contribution in [1.29, 1.82) is 0 Å². The maximum absolute atomic E-state index is 10.9. The van der Waals surface area contributed by atoms with E-state index >= 15 is 0 Å². The molecule has 108 valence electrons.